The van der Waals surface area contributed by atoms with Crippen molar-refractivity contribution in [3.8, 4) is 5.75 Å². The zero-order valence-corrected chi connectivity index (χ0v) is 15.9. The molecule has 1 unspecified atom stereocenters. The first-order valence-electron chi connectivity index (χ1n) is 9.01. The molecule has 4 rings (SSSR count). The number of nitrogens with zero attached hydrogens (tertiary/aromatic N) is 1. The van der Waals surface area contributed by atoms with Crippen molar-refractivity contribution in [3.05, 3.63) is 94.4 Å². The number of rotatable bonds is 6. The van der Waals surface area contributed by atoms with Gasteiger partial charge >= 0.3 is 0 Å². The number of aliphatic hydroxyl groups is 1. The summed E-state index contributed by atoms with van der Waals surface area (Å²) >= 11 is 1.46. The third kappa shape index (κ3) is 3.59. The van der Waals surface area contributed by atoms with E-state index < -0.39 is 5.60 Å². The second-order valence-electron chi connectivity index (χ2n) is 6.58. The predicted molar refractivity (Wildman–Crippen MR) is 110 cm³/mol. The van der Waals surface area contributed by atoms with E-state index in [4.69, 9.17) is 4.74 Å². The Balaban J connectivity index is 1.55. The maximum atomic E-state index is 11.2. The molecule has 0 bridgehead atoms. The van der Waals surface area contributed by atoms with Crippen LogP contribution in [0, 0.1) is 0 Å². The molecule has 27 heavy (non-hydrogen) atoms. The molecule has 1 atom stereocenters. The van der Waals surface area contributed by atoms with Crippen molar-refractivity contribution in [2.24, 2.45) is 0 Å². The van der Waals surface area contributed by atoms with Gasteiger partial charge in [0.15, 0.2) is 0 Å². The van der Waals surface area contributed by atoms with Gasteiger partial charge in [0.2, 0.25) is 0 Å². The Hall–Kier alpha value is -2.69. The molecule has 0 saturated heterocycles. The Bertz CT molecular complexity index is 1050. The Morgan fingerprint density at radius 1 is 1.00 bits per heavy atom. The molecule has 1 heterocycles. The van der Waals surface area contributed by atoms with Gasteiger partial charge in [-0.25, -0.2) is 0 Å². The number of hydrogen-bond acceptors (Lipinski definition) is 4. The Kier molecular flexibility index (Phi) is 4.92. The molecule has 3 aromatic carbocycles. The van der Waals surface area contributed by atoms with E-state index in [1.807, 2.05) is 43.3 Å². The molecule has 0 aliphatic heterocycles. The summed E-state index contributed by atoms with van der Waals surface area (Å²) in [5.41, 5.74) is 2.65. The maximum absolute atomic E-state index is 11.2. The lowest BCUT2D eigenvalue weighted by Gasteiger charge is -2.26. The minimum absolute atomic E-state index is 0.486. The van der Waals surface area contributed by atoms with Gasteiger partial charge in [0.25, 0.3) is 0 Å². The van der Waals surface area contributed by atoms with E-state index in [-0.39, 0.29) is 0 Å². The first-order chi connectivity index (χ1) is 13.2. The molecule has 0 aliphatic carbocycles. The van der Waals surface area contributed by atoms with Crippen LogP contribution in [0.4, 0.5) is 0 Å². The van der Waals surface area contributed by atoms with Crippen LogP contribution in [0.5, 0.6) is 5.75 Å². The van der Waals surface area contributed by atoms with Gasteiger partial charge in [-0.1, -0.05) is 55.5 Å². The molecule has 0 aliphatic rings. The fourth-order valence-corrected chi connectivity index (χ4v) is 4.09. The van der Waals surface area contributed by atoms with Crippen LogP contribution in [0.1, 0.15) is 29.3 Å². The predicted octanol–water partition coefficient (Wildman–Crippen LogP) is 5.52. The van der Waals surface area contributed by atoms with Crippen LogP contribution in [0.3, 0.4) is 0 Å². The smallest absolute Gasteiger partial charge is 0.125 e. The highest BCUT2D eigenvalue weighted by molar-refractivity contribution is 7.09. The highest BCUT2D eigenvalue weighted by Crippen LogP contribution is 2.36. The summed E-state index contributed by atoms with van der Waals surface area (Å²) in [5, 5.41) is 13.6. The van der Waals surface area contributed by atoms with E-state index in [9.17, 15) is 5.11 Å². The largest absolute Gasteiger partial charge is 0.489 e. The van der Waals surface area contributed by atoms with Crippen LogP contribution in [-0.2, 0) is 12.2 Å². The average Bonchev–Trinajstić information content (AvgIpc) is 3.27. The van der Waals surface area contributed by atoms with Gasteiger partial charge in [0.1, 0.15) is 18.0 Å². The first kappa shape index (κ1) is 17.7. The van der Waals surface area contributed by atoms with E-state index in [1.54, 1.807) is 11.7 Å². The van der Waals surface area contributed by atoms with Crippen molar-refractivity contribution < 1.29 is 9.84 Å². The third-order valence-electron chi connectivity index (χ3n) is 4.88. The lowest BCUT2D eigenvalue weighted by molar-refractivity contribution is 0.0798. The number of hydrogen-bond donors (Lipinski definition) is 1. The van der Waals surface area contributed by atoms with Crippen molar-refractivity contribution in [2.75, 3.05) is 0 Å². The minimum atomic E-state index is -1.04. The molecule has 3 nitrogen and oxygen atoms in total. The van der Waals surface area contributed by atoms with Crippen molar-refractivity contribution in [1.82, 2.24) is 4.98 Å². The van der Waals surface area contributed by atoms with Gasteiger partial charge in [-0.05, 0) is 46.5 Å². The second kappa shape index (κ2) is 7.51. The normalized spacial score (nSPS) is 13.4. The highest BCUT2D eigenvalue weighted by atomic mass is 32.1. The fraction of sp³-hybridized carbons (Fsp3) is 0.174. The molecular formula is C23H21NO2S. The van der Waals surface area contributed by atoms with Crippen LogP contribution in [0.2, 0.25) is 0 Å². The van der Waals surface area contributed by atoms with Gasteiger partial charge < -0.3 is 9.84 Å². The van der Waals surface area contributed by atoms with Gasteiger partial charge in [0, 0.05) is 6.20 Å². The zero-order valence-electron chi connectivity index (χ0n) is 15.1. The molecule has 4 aromatic rings. The molecule has 0 spiro atoms. The molecule has 0 saturated carbocycles. The topological polar surface area (TPSA) is 42.4 Å². The second-order valence-corrected chi connectivity index (χ2v) is 7.46. The minimum Gasteiger partial charge on any atom is -0.489 e. The maximum Gasteiger partial charge on any atom is 0.125 e. The summed E-state index contributed by atoms with van der Waals surface area (Å²) in [6.45, 7) is 2.46. The van der Waals surface area contributed by atoms with Crippen LogP contribution < -0.4 is 4.74 Å². The lowest BCUT2D eigenvalue weighted by atomic mass is 9.90. The van der Waals surface area contributed by atoms with Crippen molar-refractivity contribution in [1.29, 1.82) is 0 Å². The van der Waals surface area contributed by atoms with E-state index in [0.717, 1.165) is 21.8 Å². The highest BCUT2D eigenvalue weighted by Gasteiger charge is 2.31. The van der Waals surface area contributed by atoms with Crippen molar-refractivity contribution in [3.63, 3.8) is 0 Å². The number of benzene rings is 3. The number of fused-ring (bicyclic) bond motifs is 1. The average molecular weight is 375 g/mol. The van der Waals surface area contributed by atoms with Crippen LogP contribution in [0.25, 0.3) is 10.8 Å². The van der Waals surface area contributed by atoms with Crippen molar-refractivity contribution in [2.45, 2.75) is 25.6 Å². The summed E-state index contributed by atoms with van der Waals surface area (Å²) in [6, 6.07) is 22.4. The van der Waals surface area contributed by atoms with Crippen LogP contribution >= 0.6 is 11.3 Å². The molecule has 4 heteroatoms. The molecule has 1 N–H and O–H groups in total. The quantitative estimate of drug-likeness (QED) is 0.482. The Labute approximate surface area is 162 Å². The van der Waals surface area contributed by atoms with E-state index in [1.165, 1.54) is 22.1 Å². The van der Waals surface area contributed by atoms with Crippen molar-refractivity contribution >= 4 is 22.1 Å². The van der Waals surface area contributed by atoms with Gasteiger partial charge in [-0.3, -0.25) is 4.98 Å². The standard InChI is InChI=1S/C23H21NO2S/c1-2-23(25,22-14-24-16-27-22)20-8-5-9-21(13-20)26-15-17-10-11-18-6-3-4-7-19(18)12-17/h3-14,16,25H,2,15H2,1H3. The van der Waals surface area contributed by atoms with E-state index >= 15 is 0 Å². The van der Waals surface area contributed by atoms with Gasteiger partial charge in [-0.2, -0.15) is 0 Å². The summed E-state index contributed by atoms with van der Waals surface area (Å²) in [4.78, 5) is 4.96. The van der Waals surface area contributed by atoms with Gasteiger partial charge in [0.05, 0.1) is 10.4 Å². The van der Waals surface area contributed by atoms with Gasteiger partial charge in [-0.15, -0.1) is 11.3 Å². The lowest BCUT2D eigenvalue weighted by Crippen LogP contribution is -2.25. The number of aromatic nitrogens is 1. The van der Waals surface area contributed by atoms with Crippen LogP contribution in [-0.4, -0.2) is 10.1 Å². The number of ether oxygens (including phenoxy) is 1. The molecular weight excluding hydrogens is 354 g/mol. The molecule has 1 aromatic heterocycles. The number of thiazole rings is 1. The monoisotopic (exact) mass is 375 g/mol. The molecule has 0 amide bonds. The SMILES string of the molecule is CCC(O)(c1cccc(OCc2ccc3ccccc3c2)c1)c1cncs1. The summed E-state index contributed by atoms with van der Waals surface area (Å²) < 4.78 is 6.02. The Morgan fingerprint density at radius 3 is 2.63 bits per heavy atom. The van der Waals surface area contributed by atoms with E-state index in [2.05, 4.69) is 35.3 Å². The fourth-order valence-electron chi connectivity index (χ4n) is 3.28. The molecule has 136 valence electrons. The molecule has 0 radical (unpaired) electrons. The summed E-state index contributed by atoms with van der Waals surface area (Å²) in [6.07, 6.45) is 2.31. The summed E-state index contributed by atoms with van der Waals surface area (Å²) in [7, 11) is 0. The van der Waals surface area contributed by atoms with E-state index in [0.29, 0.717) is 13.0 Å². The third-order valence-corrected chi connectivity index (χ3v) is 5.81. The Morgan fingerprint density at radius 2 is 1.85 bits per heavy atom. The molecule has 0 fully saturated rings. The summed E-state index contributed by atoms with van der Waals surface area (Å²) in [5.74, 6) is 0.747. The van der Waals surface area contributed by atoms with Crippen LogP contribution in [0.15, 0.2) is 78.4 Å². The zero-order chi connectivity index (χ0) is 18.7. The first-order valence-corrected chi connectivity index (χ1v) is 9.89.